The van der Waals surface area contributed by atoms with Crippen LogP contribution in [0.4, 0.5) is 4.39 Å². The minimum atomic E-state index is -0.242. The maximum absolute atomic E-state index is 13.0. The maximum Gasteiger partial charge on any atom is 0.124 e. The highest BCUT2D eigenvalue weighted by molar-refractivity contribution is 9.10. The van der Waals surface area contributed by atoms with Crippen molar-refractivity contribution in [1.82, 2.24) is 15.3 Å². The van der Waals surface area contributed by atoms with Gasteiger partial charge in [0.25, 0.3) is 0 Å². The van der Waals surface area contributed by atoms with Gasteiger partial charge in [0.1, 0.15) is 11.6 Å². The molecular formula is C12H13BrFN3. The van der Waals surface area contributed by atoms with E-state index in [1.165, 1.54) is 12.1 Å². The number of nitrogens with one attached hydrogen (secondary N) is 2. The molecule has 0 aliphatic rings. The topological polar surface area (TPSA) is 40.7 Å². The van der Waals surface area contributed by atoms with Gasteiger partial charge in [0.05, 0.1) is 0 Å². The largest absolute Gasteiger partial charge is 0.349 e. The summed E-state index contributed by atoms with van der Waals surface area (Å²) in [6, 6.07) is 4.81. The fourth-order valence-corrected chi connectivity index (χ4v) is 2.38. The minimum Gasteiger partial charge on any atom is -0.349 e. The molecule has 0 spiro atoms. The molecule has 2 aromatic rings. The Kier molecular flexibility index (Phi) is 3.91. The zero-order valence-electron chi connectivity index (χ0n) is 9.37. The highest BCUT2D eigenvalue weighted by atomic mass is 79.9. The molecule has 0 saturated carbocycles. The van der Waals surface area contributed by atoms with Crippen molar-refractivity contribution in [2.45, 2.75) is 12.5 Å². The van der Waals surface area contributed by atoms with Crippen LogP contribution in [0.1, 0.15) is 17.4 Å². The predicted molar refractivity (Wildman–Crippen MR) is 68.2 cm³/mol. The lowest BCUT2D eigenvalue weighted by molar-refractivity contribution is 0.571. The SMILES string of the molecule is CNC(Cc1ncc[nH]1)c1ccc(F)cc1Br. The summed E-state index contributed by atoms with van der Waals surface area (Å²) < 4.78 is 13.8. The van der Waals surface area contributed by atoms with E-state index >= 15 is 0 Å². The second-order valence-electron chi connectivity index (χ2n) is 3.75. The van der Waals surface area contributed by atoms with Crippen LogP contribution < -0.4 is 5.32 Å². The van der Waals surface area contributed by atoms with E-state index in [2.05, 4.69) is 31.2 Å². The second-order valence-corrected chi connectivity index (χ2v) is 4.60. The monoisotopic (exact) mass is 297 g/mol. The van der Waals surface area contributed by atoms with Gasteiger partial charge in [-0.25, -0.2) is 9.37 Å². The molecule has 2 N–H and O–H groups in total. The second kappa shape index (κ2) is 5.42. The molecule has 1 unspecified atom stereocenters. The molecule has 1 aromatic carbocycles. The van der Waals surface area contributed by atoms with E-state index in [1.54, 1.807) is 18.5 Å². The summed E-state index contributed by atoms with van der Waals surface area (Å²) in [6.07, 6.45) is 4.25. The van der Waals surface area contributed by atoms with Crippen LogP contribution in [-0.4, -0.2) is 17.0 Å². The van der Waals surface area contributed by atoms with E-state index in [0.717, 1.165) is 22.3 Å². The molecule has 1 heterocycles. The van der Waals surface area contributed by atoms with E-state index in [0.29, 0.717) is 0 Å². The summed E-state index contributed by atoms with van der Waals surface area (Å²) in [5.41, 5.74) is 1.02. The van der Waals surface area contributed by atoms with E-state index < -0.39 is 0 Å². The Balaban J connectivity index is 2.23. The van der Waals surface area contributed by atoms with Crippen LogP contribution in [0.2, 0.25) is 0 Å². The minimum absolute atomic E-state index is 0.0936. The van der Waals surface area contributed by atoms with E-state index in [1.807, 2.05) is 7.05 Å². The molecule has 0 fully saturated rings. The van der Waals surface area contributed by atoms with Crippen molar-refractivity contribution in [3.05, 3.63) is 52.3 Å². The Hall–Kier alpha value is -1.20. The normalized spacial score (nSPS) is 12.6. The number of aromatic nitrogens is 2. The standard InChI is InChI=1S/C12H13BrFN3/c1-15-11(7-12-16-4-5-17-12)9-3-2-8(14)6-10(9)13/h2-6,11,15H,7H2,1H3,(H,16,17). The molecule has 0 radical (unpaired) electrons. The number of nitrogens with zero attached hydrogens (tertiary/aromatic N) is 1. The Bertz CT molecular complexity index is 485. The van der Waals surface area contributed by atoms with Crippen molar-refractivity contribution in [3.8, 4) is 0 Å². The number of aromatic amines is 1. The van der Waals surface area contributed by atoms with Crippen LogP contribution in [0, 0.1) is 5.82 Å². The third-order valence-corrected chi connectivity index (χ3v) is 3.33. The third kappa shape index (κ3) is 2.92. The van der Waals surface area contributed by atoms with Crippen molar-refractivity contribution < 1.29 is 4.39 Å². The first-order valence-electron chi connectivity index (χ1n) is 5.31. The fourth-order valence-electron chi connectivity index (χ4n) is 1.75. The highest BCUT2D eigenvalue weighted by Crippen LogP contribution is 2.26. The molecule has 17 heavy (non-hydrogen) atoms. The van der Waals surface area contributed by atoms with Gasteiger partial charge in [-0.15, -0.1) is 0 Å². The number of rotatable bonds is 4. The summed E-state index contributed by atoms with van der Waals surface area (Å²) in [5, 5.41) is 3.20. The first-order chi connectivity index (χ1) is 8.20. The molecule has 0 aliphatic carbocycles. The van der Waals surface area contributed by atoms with Gasteiger partial charge in [-0.3, -0.25) is 0 Å². The lowest BCUT2D eigenvalue weighted by atomic mass is 10.0. The lowest BCUT2D eigenvalue weighted by Gasteiger charge is -2.17. The van der Waals surface area contributed by atoms with Gasteiger partial charge in [-0.1, -0.05) is 22.0 Å². The predicted octanol–water partition coefficient (Wildman–Crippen LogP) is 2.81. The molecule has 90 valence electrons. The van der Waals surface area contributed by atoms with Gasteiger partial charge >= 0.3 is 0 Å². The van der Waals surface area contributed by atoms with E-state index in [9.17, 15) is 4.39 Å². The molecule has 0 amide bonds. The van der Waals surface area contributed by atoms with Crippen molar-refractivity contribution in [3.63, 3.8) is 0 Å². The van der Waals surface area contributed by atoms with Gasteiger partial charge in [0, 0.05) is 29.3 Å². The molecule has 0 aliphatic heterocycles. The van der Waals surface area contributed by atoms with E-state index in [-0.39, 0.29) is 11.9 Å². The van der Waals surface area contributed by atoms with Crippen LogP contribution in [-0.2, 0) is 6.42 Å². The number of benzene rings is 1. The zero-order chi connectivity index (χ0) is 12.3. The number of H-pyrrole nitrogens is 1. The Morgan fingerprint density at radius 2 is 2.35 bits per heavy atom. The highest BCUT2D eigenvalue weighted by Gasteiger charge is 2.14. The average molecular weight is 298 g/mol. The number of hydrogen-bond acceptors (Lipinski definition) is 2. The molecule has 2 rings (SSSR count). The van der Waals surface area contributed by atoms with Crippen LogP contribution >= 0.6 is 15.9 Å². The van der Waals surface area contributed by atoms with Gasteiger partial charge in [-0.05, 0) is 24.7 Å². The molecule has 1 atom stereocenters. The third-order valence-electron chi connectivity index (χ3n) is 2.64. The summed E-state index contributed by atoms with van der Waals surface area (Å²) in [5.74, 6) is 0.661. The van der Waals surface area contributed by atoms with E-state index in [4.69, 9.17) is 0 Å². The fraction of sp³-hybridized carbons (Fsp3) is 0.250. The van der Waals surface area contributed by atoms with Crippen LogP contribution in [0.5, 0.6) is 0 Å². The Labute approximate surface area is 108 Å². The maximum atomic E-state index is 13.0. The zero-order valence-corrected chi connectivity index (χ0v) is 11.0. The van der Waals surface area contributed by atoms with Gasteiger partial charge in [-0.2, -0.15) is 0 Å². The smallest absolute Gasteiger partial charge is 0.124 e. The van der Waals surface area contributed by atoms with Gasteiger partial charge < -0.3 is 10.3 Å². The molecule has 1 aromatic heterocycles. The number of hydrogen-bond donors (Lipinski definition) is 2. The summed E-state index contributed by atoms with van der Waals surface area (Å²) in [7, 11) is 1.88. The number of likely N-dealkylation sites (N-methyl/N-ethyl adjacent to an activating group) is 1. The Morgan fingerprint density at radius 1 is 1.53 bits per heavy atom. The average Bonchev–Trinajstić information content (AvgIpc) is 2.79. The molecule has 3 nitrogen and oxygen atoms in total. The summed E-state index contributed by atoms with van der Waals surface area (Å²) in [4.78, 5) is 7.25. The first-order valence-corrected chi connectivity index (χ1v) is 6.10. The molecular weight excluding hydrogens is 285 g/mol. The molecule has 5 heteroatoms. The lowest BCUT2D eigenvalue weighted by Crippen LogP contribution is -2.20. The quantitative estimate of drug-likeness (QED) is 0.911. The van der Waals surface area contributed by atoms with Crippen LogP contribution in [0.15, 0.2) is 35.1 Å². The van der Waals surface area contributed by atoms with Gasteiger partial charge in [0.15, 0.2) is 0 Å². The first kappa shape index (κ1) is 12.3. The van der Waals surface area contributed by atoms with Crippen LogP contribution in [0.3, 0.4) is 0 Å². The molecule has 0 saturated heterocycles. The molecule has 0 bridgehead atoms. The van der Waals surface area contributed by atoms with Crippen molar-refractivity contribution in [2.24, 2.45) is 0 Å². The number of imidazole rings is 1. The van der Waals surface area contributed by atoms with Crippen molar-refractivity contribution >= 4 is 15.9 Å². The van der Waals surface area contributed by atoms with Crippen molar-refractivity contribution in [1.29, 1.82) is 0 Å². The summed E-state index contributed by atoms with van der Waals surface area (Å²) >= 11 is 3.38. The Morgan fingerprint density at radius 3 is 2.94 bits per heavy atom. The number of halogens is 2. The summed E-state index contributed by atoms with van der Waals surface area (Å²) in [6.45, 7) is 0. The van der Waals surface area contributed by atoms with Gasteiger partial charge in [0.2, 0.25) is 0 Å². The van der Waals surface area contributed by atoms with Crippen LogP contribution in [0.25, 0.3) is 0 Å². The van der Waals surface area contributed by atoms with Crippen molar-refractivity contribution in [2.75, 3.05) is 7.05 Å².